The Balaban J connectivity index is 1.44. The molecule has 2 saturated carbocycles. The normalized spacial score (nSPS) is 30.7. The number of hydrogen-bond donors (Lipinski definition) is 1. The van der Waals surface area contributed by atoms with Crippen molar-refractivity contribution < 1.29 is 9.21 Å². The maximum absolute atomic E-state index is 11.8. The van der Waals surface area contributed by atoms with E-state index in [1.54, 1.807) is 6.26 Å². The molecule has 3 atom stereocenters. The zero-order chi connectivity index (χ0) is 11.7. The molecule has 2 bridgehead atoms. The topological polar surface area (TPSA) is 42.2 Å². The molecule has 1 aromatic heterocycles. The molecule has 0 unspecified atom stereocenters. The second kappa shape index (κ2) is 4.55. The third-order valence-corrected chi connectivity index (χ3v) is 4.37. The summed E-state index contributed by atoms with van der Waals surface area (Å²) in [6, 6.07) is 3.73. The SMILES string of the molecule is O=C(C[C@@H]1C[C@H]2CC[C@@H]1C2)NCc1ccco1. The summed E-state index contributed by atoms with van der Waals surface area (Å²) < 4.78 is 5.19. The van der Waals surface area contributed by atoms with Crippen molar-refractivity contribution in [2.45, 2.75) is 38.6 Å². The summed E-state index contributed by atoms with van der Waals surface area (Å²) in [6.45, 7) is 0.520. The molecular formula is C14H19NO2. The van der Waals surface area contributed by atoms with E-state index in [2.05, 4.69) is 5.32 Å². The van der Waals surface area contributed by atoms with Gasteiger partial charge in [0.1, 0.15) is 5.76 Å². The Hall–Kier alpha value is -1.25. The van der Waals surface area contributed by atoms with Gasteiger partial charge >= 0.3 is 0 Å². The first kappa shape index (κ1) is 10.9. The van der Waals surface area contributed by atoms with Crippen LogP contribution in [0.1, 0.15) is 37.9 Å². The fourth-order valence-corrected chi connectivity index (χ4v) is 3.54. The molecule has 17 heavy (non-hydrogen) atoms. The van der Waals surface area contributed by atoms with Gasteiger partial charge in [0, 0.05) is 6.42 Å². The number of furan rings is 1. The Morgan fingerprint density at radius 1 is 1.41 bits per heavy atom. The Bertz CT molecular complexity index is 385. The van der Waals surface area contributed by atoms with Crippen molar-refractivity contribution in [2.24, 2.45) is 17.8 Å². The fraction of sp³-hybridized carbons (Fsp3) is 0.643. The number of carbonyl (C=O) groups excluding carboxylic acids is 1. The molecule has 1 N–H and O–H groups in total. The molecule has 0 radical (unpaired) electrons. The van der Waals surface area contributed by atoms with Crippen LogP contribution in [0.2, 0.25) is 0 Å². The second-order valence-electron chi connectivity index (χ2n) is 5.50. The van der Waals surface area contributed by atoms with Crippen molar-refractivity contribution >= 4 is 5.91 Å². The predicted octanol–water partition coefficient (Wildman–Crippen LogP) is 2.72. The monoisotopic (exact) mass is 233 g/mol. The maximum atomic E-state index is 11.8. The zero-order valence-electron chi connectivity index (χ0n) is 10.0. The Labute approximate surface area is 102 Å². The molecule has 0 spiro atoms. The molecule has 2 aliphatic carbocycles. The third-order valence-electron chi connectivity index (χ3n) is 4.37. The van der Waals surface area contributed by atoms with E-state index < -0.39 is 0 Å². The van der Waals surface area contributed by atoms with Gasteiger partial charge in [-0.05, 0) is 49.1 Å². The van der Waals surface area contributed by atoms with Crippen molar-refractivity contribution in [3.8, 4) is 0 Å². The van der Waals surface area contributed by atoms with E-state index in [4.69, 9.17) is 4.42 Å². The second-order valence-corrected chi connectivity index (χ2v) is 5.50. The number of amides is 1. The number of nitrogens with one attached hydrogen (secondary N) is 1. The summed E-state index contributed by atoms with van der Waals surface area (Å²) >= 11 is 0. The summed E-state index contributed by atoms with van der Waals surface area (Å²) in [4.78, 5) is 11.8. The van der Waals surface area contributed by atoms with Gasteiger partial charge in [0.05, 0.1) is 12.8 Å². The number of fused-ring (bicyclic) bond motifs is 2. The number of carbonyl (C=O) groups is 1. The molecule has 3 rings (SSSR count). The van der Waals surface area contributed by atoms with Crippen LogP contribution in [0.3, 0.4) is 0 Å². The lowest BCUT2D eigenvalue weighted by molar-refractivity contribution is -0.122. The first-order chi connectivity index (χ1) is 8.31. The summed E-state index contributed by atoms with van der Waals surface area (Å²) in [6.07, 6.45) is 7.74. The van der Waals surface area contributed by atoms with E-state index in [0.29, 0.717) is 18.9 Å². The highest BCUT2D eigenvalue weighted by Crippen LogP contribution is 2.49. The minimum absolute atomic E-state index is 0.180. The fourth-order valence-electron chi connectivity index (χ4n) is 3.54. The molecule has 0 aromatic carbocycles. The van der Waals surface area contributed by atoms with Crippen LogP contribution in [-0.4, -0.2) is 5.91 Å². The quantitative estimate of drug-likeness (QED) is 0.868. The van der Waals surface area contributed by atoms with Gasteiger partial charge in [0.15, 0.2) is 0 Å². The lowest BCUT2D eigenvalue weighted by atomic mass is 9.86. The van der Waals surface area contributed by atoms with E-state index >= 15 is 0 Å². The van der Waals surface area contributed by atoms with E-state index in [9.17, 15) is 4.79 Å². The zero-order valence-corrected chi connectivity index (χ0v) is 10.0. The molecule has 92 valence electrons. The summed E-state index contributed by atoms with van der Waals surface area (Å²) in [7, 11) is 0. The van der Waals surface area contributed by atoms with Crippen molar-refractivity contribution in [3.63, 3.8) is 0 Å². The summed E-state index contributed by atoms with van der Waals surface area (Å²) in [5.41, 5.74) is 0. The average Bonchev–Trinajstić information content (AvgIpc) is 3.03. The molecular weight excluding hydrogens is 214 g/mol. The highest BCUT2D eigenvalue weighted by Gasteiger charge is 2.39. The van der Waals surface area contributed by atoms with Crippen LogP contribution >= 0.6 is 0 Å². The van der Waals surface area contributed by atoms with Crippen LogP contribution in [0.25, 0.3) is 0 Å². The first-order valence-corrected chi connectivity index (χ1v) is 6.60. The van der Waals surface area contributed by atoms with Gasteiger partial charge in [0.25, 0.3) is 0 Å². The molecule has 1 amide bonds. The van der Waals surface area contributed by atoms with Gasteiger partial charge < -0.3 is 9.73 Å². The van der Waals surface area contributed by atoms with Gasteiger partial charge in [-0.3, -0.25) is 4.79 Å². The molecule has 3 nitrogen and oxygen atoms in total. The lowest BCUT2D eigenvalue weighted by Gasteiger charge is -2.20. The molecule has 2 fully saturated rings. The Kier molecular flexibility index (Phi) is 2.91. The minimum atomic E-state index is 0.180. The molecule has 0 saturated heterocycles. The van der Waals surface area contributed by atoms with Crippen LogP contribution in [0.4, 0.5) is 0 Å². The van der Waals surface area contributed by atoms with Crippen LogP contribution in [-0.2, 0) is 11.3 Å². The smallest absolute Gasteiger partial charge is 0.220 e. The highest BCUT2D eigenvalue weighted by atomic mass is 16.3. The largest absolute Gasteiger partial charge is 0.467 e. The molecule has 1 aromatic rings. The summed E-state index contributed by atoms with van der Waals surface area (Å²) in [5.74, 6) is 3.40. The lowest BCUT2D eigenvalue weighted by Crippen LogP contribution is -2.26. The van der Waals surface area contributed by atoms with Gasteiger partial charge in [-0.1, -0.05) is 6.42 Å². The van der Waals surface area contributed by atoms with Crippen molar-refractivity contribution in [1.82, 2.24) is 5.32 Å². The molecule has 2 aliphatic rings. The first-order valence-electron chi connectivity index (χ1n) is 6.60. The Morgan fingerprint density at radius 3 is 3.00 bits per heavy atom. The summed E-state index contributed by atoms with van der Waals surface area (Å²) in [5, 5.41) is 2.94. The molecule has 0 aliphatic heterocycles. The predicted molar refractivity (Wildman–Crippen MR) is 64.1 cm³/mol. The van der Waals surface area contributed by atoms with E-state index in [1.807, 2.05) is 12.1 Å². The number of hydrogen-bond acceptors (Lipinski definition) is 2. The standard InChI is InChI=1S/C14H19NO2/c16-14(15-9-13-2-1-5-17-13)8-12-7-10-3-4-11(12)6-10/h1-2,5,10-12H,3-4,6-9H2,(H,15,16)/t10-,11+,12-/m0/s1. The van der Waals surface area contributed by atoms with Crippen LogP contribution < -0.4 is 5.32 Å². The van der Waals surface area contributed by atoms with Gasteiger partial charge in [-0.2, -0.15) is 0 Å². The highest BCUT2D eigenvalue weighted by molar-refractivity contribution is 5.76. The van der Waals surface area contributed by atoms with Crippen LogP contribution in [0.15, 0.2) is 22.8 Å². The number of rotatable bonds is 4. The van der Waals surface area contributed by atoms with Crippen LogP contribution in [0, 0.1) is 17.8 Å². The van der Waals surface area contributed by atoms with Crippen molar-refractivity contribution in [3.05, 3.63) is 24.2 Å². The van der Waals surface area contributed by atoms with E-state index in [1.165, 1.54) is 25.7 Å². The third kappa shape index (κ3) is 2.38. The molecule has 3 heteroatoms. The minimum Gasteiger partial charge on any atom is -0.467 e. The van der Waals surface area contributed by atoms with Gasteiger partial charge in [0.2, 0.25) is 5.91 Å². The van der Waals surface area contributed by atoms with Gasteiger partial charge in [-0.15, -0.1) is 0 Å². The molecule has 1 heterocycles. The average molecular weight is 233 g/mol. The maximum Gasteiger partial charge on any atom is 0.220 e. The van der Waals surface area contributed by atoms with Crippen molar-refractivity contribution in [2.75, 3.05) is 0 Å². The van der Waals surface area contributed by atoms with Crippen molar-refractivity contribution in [1.29, 1.82) is 0 Å². The van der Waals surface area contributed by atoms with E-state index in [0.717, 1.165) is 17.6 Å². The Morgan fingerprint density at radius 2 is 2.35 bits per heavy atom. The van der Waals surface area contributed by atoms with Gasteiger partial charge in [-0.25, -0.2) is 0 Å². The van der Waals surface area contributed by atoms with E-state index in [-0.39, 0.29) is 5.91 Å². The van der Waals surface area contributed by atoms with Crippen LogP contribution in [0.5, 0.6) is 0 Å².